The van der Waals surface area contributed by atoms with Crippen molar-refractivity contribution in [2.75, 3.05) is 5.32 Å². The van der Waals surface area contributed by atoms with Crippen LogP contribution in [0.4, 0.5) is 5.82 Å². The summed E-state index contributed by atoms with van der Waals surface area (Å²) in [6, 6.07) is 2.79. The molecule has 0 saturated heterocycles. The van der Waals surface area contributed by atoms with Crippen LogP contribution >= 0.6 is 0 Å². The number of nitrogens with zero attached hydrogens (tertiary/aromatic N) is 1. The van der Waals surface area contributed by atoms with Crippen molar-refractivity contribution >= 4 is 17.7 Å². The van der Waals surface area contributed by atoms with Crippen LogP contribution in [0.15, 0.2) is 18.3 Å². The number of anilines is 1. The first kappa shape index (κ1) is 14.5. The molecule has 0 bridgehead atoms. The van der Waals surface area contributed by atoms with Crippen molar-refractivity contribution in [1.82, 2.24) is 4.98 Å². The molecule has 0 radical (unpaired) electrons. The van der Waals surface area contributed by atoms with Crippen molar-refractivity contribution < 1.29 is 14.7 Å². The molecule has 0 spiro atoms. The van der Waals surface area contributed by atoms with Crippen LogP contribution in [0.5, 0.6) is 0 Å². The monoisotopic (exact) mass is 276 g/mol. The van der Waals surface area contributed by atoms with Crippen LogP contribution in [0.1, 0.15) is 55.3 Å². The molecular formula is C15H20N2O3. The number of carboxylic acids is 1. The van der Waals surface area contributed by atoms with E-state index in [1.165, 1.54) is 44.0 Å². The zero-order chi connectivity index (χ0) is 14.4. The standard InChI is InChI=1S/C15H20N2O3/c18-14(9-11-5-3-1-2-4-6-11)17-13-10-12(15(19)20)7-8-16-13/h7-8,10-11H,1-6,9H2,(H,19,20)(H,16,17,18). The van der Waals surface area contributed by atoms with Gasteiger partial charge < -0.3 is 10.4 Å². The molecule has 5 heteroatoms. The fourth-order valence-electron chi connectivity index (χ4n) is 2.66. The topological polar surface area (TPSA) is 79.3 Å². The minimum Gasteiger partial charge on any atom is -0.478 e. The third-order valence-corrected chi connectivity index (χ3v) is 3.72. The second-order valence-corrected chi connectivity index (χ2v) is 5.34. The van der Waals surface area contributed by atoms with E-state index in [1.807, 2.05) is 0 Å². The van der Waals surface area contributed by atoms with Crippen molar-refractivity contribution in [1.29, 1.82) is 0 Å². The predicted molar refractivity (Wildman–Crippen MR) is 75.6 cm³/mol. The van der Waals surface area contributed by atoms with Gasteiger partial charge in [-0.15, -0.1) is 0 Å². The van der Waals surface area contributed by atoms with Gasteiger partial charge in [0.15, 0.2) is 0 Å². The van der Waals surface area contributed by atoms with Gasteiger partial charge in [-0.25, -0.2) is 9.78 Å². The number of hydrogen-bond donors (Lipinski definition) is 2. The molecule has 1 heterocycles. The molecule has 1 aliphatic carbocycles. The van der Waals surface area contributed by atoms with E-state index in [-0.39, 0.29) is 11.5 Å². The lowest BCUT2D eigenvalue weighted by atomic mass is 9.96. The summed E-state index contributed by atoms with van der Waals surface area (Å²) in [6.07, 6.45) is 9.03. The maximum absolute atomic E-state index is 12.0. The van der Waals surface area contributed by atoms with Crippen molar-refractivity contribution in [2.24, 2.45) is 5.92 Å². The lowest BCUT2D eigenvalue weighted by molar-refractivity contribution is -0.117. The normalized spacial score (nSPS) is 16.4. The number of pyridine rings is 1. The van der Waals surface area contributed by atoms with Gasteiger partial charge in [-0.2, -0.15) is 0 Å². The number of carboxylic acid groups (broad SMARTS) is 1. The van der Waals surface area contributed by atoms with E-state index in [0.29, 0.717) is 18.2 Å². The van der Waals surface area contributed by atoms with E-state index < -0.39 is 5.97 Å². The first-order valence-electron chi connectivity index (χ1n) is 7.14. The van der Waals surface area contributed by atoms with E-state index in [2.05, 4.69) is 10.3 Å². The van der Waals surface area contributed by atoms with E-state index in [9.17, 15) is 9.59 Å². The Morgan fingerprint density at radius 3 is 2.60 bits per heavy atom. The molecule has 108 valence electrons. The average molecular weight is 276 g/mol. The van der Waals surface area contributed by atoms with Crippen LogP contribution in [0.25, 0.3) is 0 Å². The van der Waals surface area contributed by atoms with Gasteiger partial charge in [0.05, 0.1) is 5.56 Å². The molecule has 0 unspecified atom stereocenters. The average Bonchev–Trinajstić information content (AvgIpc) is 2.67. The van der Waals surface area contributed by atoms with Gasteiger partial charge in [0.1, 0.15) is 5.82 Å². The highest BCUT2D eigenvalue weighted by atomic mass is 16.4. The SMILES string of the molecule is O=C(CC1CCCCCC1)Nc1cc(C(=O)O)ccn1. The van der Waals surface area contributed by atoms with Crippen molar-refractivity contribution in [3.8, 4) is 0 Å². The van der Waals surface area contributed by atoms with Gasteiger partial charge in [-0.1, -0.05) is 25.7 Å². The Kier molecular flexibility index (Phi) is 5.09. The van der Waals surface area contributed by atoms with Gasteiger partial charge >= 0.3 is 5.97 Å². The summed E-state index contributed by atoms with van der Waals surface area (Å²) in [4.78, 5) is 26.8. The molecule has 0 atom stereocenters. The Balaban J connectivity index is 1.90. The van der Waals surface area contributed by atoms with Crippen LogP contribution in [0, 0.1) is 5.92 Å². The van der Waals surface area contributed by atoms with Crippen LogP contribution in [0.3, 0.4) is 0 Å². The molecule has 1 aromatic heterocycles. The fourth-order valence-corrected chi connectivity index (χ4v) is 2.66. The van der Waals surface area contributed by atoms with Crippen LogP contribution < -0.4 is 5.32 Å². The molecule has 1 aliphatic rings. The fraction of sp³-hybridized carbons (Fsp3) is 0.533. The summed E-state index contributed by atoms with van der Waals surface area (Å²) in [5.41, 5.74) is 0.129. The Hall–Kier alpha value is -1.91. The first-order valence-corrected chi connectivity index (χ1v) is 7.14. The van der Waals surface area contributed by atoms with Crippen LogP contribution in [-0.2, 0) is 4.79 Å². The molecule has 2 rings (SSSR count). The summed E-state index contributed by atoms with van der Waals surface area (Å²) in [7, 11) is 0. The van der Waals surface area contributed by atoms with Crippen molar-refractivity contribution in [3.63, 3.8) is 0 Å². The molecule has 5 nitrogen and oxygen atoms in total. The molecule has 0 aliphatic heterocycles. The number of rotatable bonds is 4. The highest BCUT2D eigenvalue weighted by Crippen LogP contribution is 2.25. The third kappa shape index (κ3) is 4.33. The lowest BCUT2D eigenvalue weighted by Crippen LogP contribution is -2.17. The Bertz CT molecular complexity index is 480. The Morgan fingerprint density at radius 2 is 1.95 bits per heavy atom. The number of aromatic nitrogens is 1. The molecule has 0 aromatic carbocycles. The number of amides is 1. The second-order valence-electron chi connectivity index (χ2n) is 5.34. The summed E-state index contributed by atoms with van der Waals surface area (Å²) < 4.78 is 0. The maximum atomic E-state index is 12.0. The number of nitrogens with one attached hydrogen (secondary N) is 1. The quantitative estimate of drug-likeness (QED) is 0.828. The largest absolute Gasteiger partial charge is 0.478 e. The summed E-state index contributed by atoms with van der Waals surface area (Å²) in [5.74, 6) is -0.345. The third-order valence-electron chi connectivity index (χ3n) is 3.72. The molecule has 1 amide bonds. The molecule has 2 N–H and O–H groups in total. The highest BCUT2D eigenvalue weighted by molar-refractivity contribution is 5.92. The van der Waals surface area contributed by atoms with Crippen LogP contribution in [0.2, 0.25) is 0 Å². The molecule has 1 aromatic rings. The number of hydrogen-bond acceptors (Lipinski definition) is 3. The van der Waals surface area contributed by atoms with Crippen LogP contribution in [-0.4, -0.2) is 22.0 Å². The molecule has 20 heavy (non-hydrogen) atoms. The van der Waals surface area contributed by atoms with Crippen molar-refractivity contribution in [2.45, 2.75) is 44.9 Å². The van der Waals surface area contributed by atoms with E-state index in [1.54, 1.807) is 0 Å². The van der Waals surface area contributed by atoms with Gasteiger partial charge in [0.25, 0.3) is 0 Å². The van der Waals surface area contributed by atoms with E-state index in [0.717, 1.165) is 12.8 Å². The number of carbonyl (C=O) groups is 2. The minimum atomic E-state index is -1.02. The van der Waals surface area contributed by atoms with Gasteiger partial charge in [-0.05, 0) is 30.9 Å². The molecule has 1 saturated carbocycles. The van der Waals surface area contributed by atoms with E-state index in [4.69, 9.17) is 5.11 Å². The zero-order valence-corrected chi connectivity index (χ0v) is 11.5. The van der Waals surface area contributed by atoms with E-state index >= 15 is 0 Å². The Morgan fingerprint density at radius 1 is 1.25 bits per heavy atom. The smallest absolute Gasteiger partial charge is 0.335 e. The van der Waals surface area contributed by atoms with Crippen molar-refractivity contribution in [3.05, 3.63) is 23.9 Å². The first-order chi connectivity index (χ1) is 9.65. The summed E-state index contributed by atoms with van der Waals surface area (Å²) >= 11 is 0. The summed E-state index contributed by atoms with van der Waals surface area (Å²) in [6.45, 7) is 0. The molecule has 1 fully saturated rings. The van der Waals surface area contributed by atoms with Gasteiger partial charge in [0.2, 0.25) is 5.91 Å². The number of carbonyl (C=O) groups excluding carboxylic acids is 1. The summed E-state index contributed by atoms with van der Waals surface area (Å²) in [5, 5.41) is 11.6. The van der Waals surface area contributed by atoms with Gasteiger partial charge in [0, 0.05) is 12.6 Å². The number of aromatic carboxylic acids is 1. The molecular weight excluding hydrogens is 256 g/mol. The lowest BCUT2D eigenvalue weighted by Gasteiger charge is -2.13. The second kappa shape index (κ2) is 7.03. The van der Waals surface area contributed by atoms with Gasteiger partial charge in [-0.3, -0.25) is 4.79 Å². The predicted octanol–water partition coefficient (Wildman–Crippen LogP) is 3.08. The highest BCUT2D eigenvalue weighted by Gasteiger charge is 2.16. The maximum Gasteiger partial charge on any atom is 0.335 e. The zero-order valence-electron chi connectivity index (χ0n) is 11.5. The minimum absolute atomic E-state index is 0.0769. The Labute approximate surface area is 118 Å².